The van der Waals surface area contributed by atoms with Crippen LogP contribution < -0.4 is 10.0 Å². The minimum absolute atomic E-state index is 0.0137. The van der Waals surface area contributed by atoms with Crippen molar-refractivity contribution >= 4 is 55.5 Å². The van der Waals surface area contributed by atoms with Gasteiger partial charge in [0.2, 0.25) is 0 Å². The van der Waals surface area contributed by atoms with Crippen LogP contribution in [0.3, 0.4) is 0 Å². The minimum Gasteiger partial charge on any atom is -0.465 e. The van der Waals surface area contributed by atoms with Gasteiger partial charge in [-0.15, -0.1) is 11.3 Å². The number of anilines is 2. The molecule has 10 heteroatoms. The molecule has 0 saturated carbocycles. The zero-order chi connectivity index (χ0) is 22.9. The van der Waals surface area contributed by atoms with Crippen molar-refractivity contribution in [2.75, 3.05) is 17.1 Å². The van der Waals surface area contributed by atoms with E-state index in [9.17, 15) is 18.0 Å². The first-order chi connectivity index (χ1) is 15.3. The molecule has 2 aromatic carbocycles. The average Bonchev–Trinajstić information content (AvgIpc) is 3.34. The van der Waals surface area contributed by atoms with Gasteiger partial charge in [0, 0.05) is 9.90 Å². The number of methoxy groups -OCH3 is 1. The number of halogens is 1. The zero-order valence-electron chi connectivity index (χ0n) is 17.0. The molecule has 0 spiro atoms. The fourth-order valence-electron chi connectivity index (χ4n) is 3.57. The number of sulfonamides is 1. The highest BCUT2D eigenvalue weighted by Gasteiger charge is 2.29. The number of hydrogen-bond donors (Lipinski definition) is 2. The third-order valence-electron chi connectivity index (χ3n) is 5.08. The van der Waals surface area contributed by atoms with Crippen molar-refractivity contribution in [2.24, 2.45) is 0 Å². The summed E-state index contributed by atoms with van der Waals surface area (Å²) in [4.78, 5) is 26.5. The standard InChI is InChI=1S/C22H19ClN2O5S2/c1-30-22(27)19-16-6-4-8-18(16)31-21(19)24-20(26)15-5-2-3-7-17(15)25-32(28,29)14-11-9-13(23)10-12-14/h2-3,5,7,9-12,25H,4,6,8H2,1H3,(H,24,26). The van der Waals surface area contributed by atoms with Crippen LogP contribution in [-0.4, -0.2) is 27.4 Å². The summed E-state index contributed by atoms with van der Waals surface area (Å²) in [6, 6.07) is 12.0. The second kappa shape index (κ2) is 8.93. The number of ether oxygens (including phenoxy) is 1. The van der Waals surface area contributed by atoms with Crippen molar-refractivity contribution in [3.63, 3.8) is 0 Å². The van der Waals surface area contributed by atoms with E-state index < -0.39 is 21.9 Å². The lowest BCUT2D eigenvalue weighted by Gasteiger charge is -2.13. The number of benzene rings is 2. The molecular formula is C22H19ClN2O5S2. The second-order valence-corrected chi connectivity index (χ2v) is 10.3. The molecule has 0 saturated heterocycles. The maximum Gasteiger partial charge on any atom is 0.341 e. The van der Waals surface area contributed by atoms with E-state index >= 15 is 0 Å². The molecule has 0 aliphatic heterocycles. The van der Waals surface area contributed by atoms with Crippen LogP contribution in [0.4, 0.5) is 10.7 Å². The number of esters is 1. The number of aryl methyl sites for hydroxylation is 1. The van der Waals surface area contributed by atoms with Gasteiger partial charge < -0.3 is 10.1 Å². The fraction of sp³-hybridized carbons (Fsp3) is 0.182. The highest BCUT2D eigenvalue weighted by Crippen LogP contribution is 2.39. The molecule has 1 aliphatic rings. The summed E-state index contributed by atoms with van der Waals surface area (Å²) < 4.78 is 32.9. The van der Waals surface area contributed by atoms with Crippen LogP contribution in [0.1, 0.15) is 37.6 Å². The molecule has 1 heterocycles. The highest BCUT2D eigenvalue weighted by atomic mass is 35.5. The Labute approximate surface area is 194 Å². The number of thiophene rings is 1. The Morgan fingerprint density at radius 2 is 1.78 bits per heavy atom. The molecule has 0 atom stereocenters. The smallest absolute Gasteiger partial charge is 0.341 e. The van der Waals surface area contributed by atoms with E-state index in [1.54, 1.807) is 12.1 Å². The van der Waals surface area contributed by atoms with Gasteiger partial charge in [0.15, 0.2) is 0 Å². The number of para-hydroxylation sites is 1. The predicted octanol–water partition coefficient (Wildman–Crippen LogP) is 4.73. The number of amides is 1. The van der Waals surface area contributed by atoms with Gasteiger partial charge >= 0.3 is 5.97 Å². The summed E-state index contributed by atoms with van der Waals surface area (Å²) in [6.07, 6.45) is 2.55. The second-order valence-electron chi connectivity index (χ2n) is 7.11. The molecule has 7 nitrogen and oxygen atoms in total. The number of carbonyl (C=O) groups is 2. The molecule has 2 N–H and O–H groups in total. The summed E-state index contributed by atoms with van der Waals surface area (Å²) in [6.45, 7) is 0. The molecule has 0 radical (unpaired) electrons. The lowest BCUT2D eigenvalue weighted by Crippen LogP contribution is -2.19. The first-order valence-corrected chi connectivity index (χ1v) is 12.4. The summed E-state index contributed by atoms with van der Waals surface area (Å²) in [7, 11) is -2.64. The molecule has 4 rings (SSSR count). The molecule has 32 heavy (non-hydrogen) atoms. The van der Waals surface area contributed by atoms with Gasteiger partial charge in [0.1, 0.15) is 5.00 Å². The van der Waals surface area contributed by atoms with Crippen molar-refractivity contribution < 1.29 is 22.7 Å². The Morgan fingerprint density at radius 3 is 2.50 bits per heavy atom. The lowest BCUT2D eigenvalue weighted by atomic mass is 10.1. The average molecular weight is 491 g/mol. The Morgan fingerprint density at radius 1 is 1.06 bits per heavy atom. The van der Waals surface area contributed by atoms with Gasteiger partial charge in [-0.2, -0.15) is 0 Å². The number of nitrogens with one attached hydrogen (secondary N) is 2. The number of rotatable bonds is 6. The van der Waals surface area contributed by atoms with E-state index in [1.165, 1.54) is 54.8 Å². The molecule has 1 amide bonds. The van der Waals surface area contributed by atoms with Crippen molar-refractivity contribution in [2.45, 2.75) is 24.2 Å². The molecule has 0 unspecified atom stereocenters. The van der Waals surface area contributed by atoms with Gasteiger partial charge in [-0.1, -0.05) is 23.7 Å². The van der Waals surface area contributed by atoms with E-state index in [0.717, 1.165) is 29.7 Å². The maximum atomic E-state index is 13.1. The van der Waals surface area contributed by atoms with Crippen LogP contribution in [0.25, 0.3) is 0 Å². The Balaban J connectivity index is 1.63. The Kier molecular flexibility index (Phi) is 6.23. The normalized spacial score (nSPS) is 12.8. The van der Waals surface area contributed by atoms with E-state index in [0.29, 0.717) is 15.6 Å². The topological polar surface area (TPSA) is 102 Å². The van der Waals surface area contributed by atoms with E-state index in [4.69, 9.17) is 16.3 Å². The molecule has 0 fully saturated rings. The summed E-state index contributed by atoms with van der Waals surface area (Å²) in [5.74, 6) is -1.04. The SMILES string of the molecule is COC(=O)c1c(NC(=O)c2ccccc2NS(=O)(=O)c2ccc(Cl)cc2)sc2c1CCC2. The maximum absolute atomic E-state index is 13.1. The summed E-state index contributed by atoms with van der Waals surface area (Å²) >= 11 is 7.19. The number of carbonyl (C=O) groups excluding carboxylic acids is 2. The van der Waals surface area contributed by atoms with Crippen LogP contribution in [-0.2, 0) is 27.6 Å². The van der Waals surface area contributed by atoms with Crippen molar-refractivity contribution in [3.05, 3.63) is 75.1 Å². The Bertz CT molecular complexity index is 1300. The third-order valence-corrected chi connectivity index (χ3v) is 7.92. The van der Waals surface area contributed by atoms with Crippen LogP contribution in [0.5, 0.6) is 0 Å². The lowest BCUT2D eigenvalue weighted by molar-refractivity contribution is 0.0601. The van der Waals surface area contributed by atoms with E-state index in [1.807, 2.05) is 0 Å². The number of hydrogen-bond acceptors (Lipinski definition) is 6. The molecule has 1 aliphatic carbocycles. The van der Waals surface area contributed by atoms with Gasteiger partial charge in [0.25, 0.3) is 15.9 Å². The van der Waals surface area contributed by atoms with Crippen LogP contribution in [0.15, 0.2) is 53.4 Å². The first kappa shape index (κ1) is 22.3. The zero-order valence-corrected chi connectivity index (χ0v) is 19.4. The fourth-order valence-corrected chi connectivity index (χ4v) is 6.05. The molecule has 3 aromatic rings. The summed E-state index contributed by atoms with van der Waals surface area (Å²) in [5.41, 5.74) is 1.52. The van der Waals surface area contributed by atoms with Crippen molar-refractivity contribution in [1.29, 1.82) is 0 Å². The number of fused-ring (bicyclic) bond motifs is 1. The van der Waals surface area contributed by atoms with Gasteiger partial charge in [-0.25, -0.2) is 13.2 Å². The predicted molar refractivity (Wildman–Crippen MR) is 124 cm³/mol. The quantitative estimate of drug-likeness (QED) is 0.486. The molecule has 166 valence electrons. The first-order valence-electron chi connectivity index (χ1n) is 9.72. The van der Waals surface area contributed by atoms with E-state index in [2.05, 4.69) is 10.0 Å². The minimum atomic E-state index is -3.94. The van der Waals surface area contributed by atoms with E-state index in [-0.39, 0.29) is 16.1 Å². The third kappa shape index (κ3) is 4.36. The monoisotopic (exact) mass is 490 g/mol. The largest absolute Gasteiger partial charge is 0.465 e. The molecular weight excluding hydrogens is 472 g/mol. The van der Waals surface area contributed by atoms with Gasteiger partial charge in [-0.05, 0) is 61.2 Å². The van der Waals surface area contributed by atoms with Crippen LogP contribution in [0, 0.1) is 0 Å². The van der Waals surface area contributed by atoms with Crippen LogP contribution in [0.2, 0.25) is 5.02 Å². The summed E-state index contributed by atoms with van der Waals surface area (Å²) in [5, 5.41) is 3.59. The highest BCUT2D eigenvalue weighted by molar-refractivity contribution is 7.92. The van der Waals surface area contributed by atoms with Gasteiger partial charge in [0.05, 0.1) is 28.8 Å². The van der Waals surface area contributed by atoms with Crippen molar-refractivity contribution in [3.8, 4) is 0 Å². The Hall–Kier alpha value is -2.88. The molecule has 1 aromatic heterocycles. The molecule has 0 bridgehead atoms. The van der Waals surface area contributed by atoms with Crippen molar-refractivity contribution in [1.82, 2.24) is 0 Å². The van der Waals surface area contributed by atoms with Crippen LogP contribution >= 0.6 is 22.9 Å². The van der Waals surface area contributed by atoms with Gasteiger partial charge in [-0.3, -0.25) is 9.52 Å².